The van der Waals surface area contributed by atoms with Crippen molar-refractivity contribution in [1.82, 2.24) is 15.4 Å². The van der Waals surface area contributed by atoms with Crippen LogP contribution in [0.15, 0.2) is 30.3 Å². The summed E-state index contributed by atoms with van der Waals surface area (Å²) in [5.74, 6) is 0.782. The molecule has 1 atom stereocenters. The van der Waals surface area contributed by atoms with Crippen molar-refractivity contribution in [3.8, 4) is 45.5 Å². The fraction of sp³-hybridized carbons (Fsp3) is 0.304. The second-order valence-corrected chi connectivity index (χ2v) is 7.45. The molecule has 35 heavy (non-hydrogen) atoms. The van der Waals surface area contributed by atoms with Crippen molar-refractivity contribution >= 4 is 17.5 Å². The molecular weight excluding hydrogens is 456 g/mol. The Balaban J connectivity index is 1.98. The topological polar surface area (TPSA) is 177 Å². The zero-order valence-electron chi connectivity index (χ0n) is 19.9. The molecular formula is C23H28N6O6. The second kappa shape index (κ2) is 11.2. The van der Waals surface area contributed by atoms with E-state index in [9.17, 15) is 9.59 Å². The van der Waals surface area contributed by atoms with Crippen molar-refractivity contribution in [2.45, 2.75) is 18.9 Å². The Labute approximate surface area is 201 Å². The van der Waals surface area contributed by atoms with Crippen LogP contribution in [0.3, 0.4) is 0 Å². The van der Waals surface area contributed by atoms with Gasteiger partial charge in [-0.25, -0.2) is 0 Å². The average Bonchev–Trinajstić information content (AvgIpc) is 3.36. The lowest BCUT2D eigenvalue weighted by atomic mass is 10.0. The maximum absolute atomic E-state index is 12.6. The molecule has 2 amide bonds. The Hall–Kier alpha value is -4.32. The summed E-state index contributed by atoms with van der Waals surface area (Å²) in [7, 11) is 6.05. The molecule has 1 aromatic heterocycles. The van der Waals surface area contributed by atoms with Crippen LogP contribution in [-0.2, 0) is 9.59 Å². The minimum atomic E-state index is -0.919. The smallest absolute Gasteiger partial charge is 0.241 e. The van der Waals surface area contributed by atoms with E-state index in [0.717, 1.165) is 0 Å². The first kappa shape index (κ1) is 25.3. The van der Waals surface area contributed by atoms with Crippen LogP contribution in [0.4, 0.5) is 5.69 Å². The molecule has 0 aliphatic rings. The highest BCUT2D eigenvalue weighted by Crippen LogP contribution is 2.42. The Morgan fingerprint density at radius 3 is 2.06 bits per heavy atom. The van der Waals surface area contributed by atoms with Crippen LogP contribution < -0.4 is 35.7 Å². The molecule has 0 aliphatic carbocycles. The van der Waals surface area contributed by atoms with Gasteiger partial charge in [-0.15, -0.1) is 0 Å². The van der Waals surface area contributed by atoms with Gasteiger partial charge >= 0.3 is 0 Å². The minimum absolute atomic E-state index is 0.00282. The number of hydrogen-bond acceptors (Lipinski definition) is 9. The van der Waals surface area contributed by atoms with E-state index in [1.165, 1.54) is 28.4 Å². The van der Waals surface area contributed by atoms with Crippen LogP contribution in [0.25, 0.3) is 22.5 Å². The van der Waals surface area contributed by atoms with Gasteiger partial charge in [-0.2, -0.15) is 15.4 Å². The van der Waals surface area contributed by atoms with E-state index >= 15 is 0 Å². The lowest BCUT2D eigenvalue weighted by Gasteiger charge is -2.15. The second-order valence-electron chi connectivity index (χ2n) is 7.45. The Morgan fingerprint density at radius 1 is 0.914 bits per heavy atom. The molecule has 2 aromatic carbocycles. The van der Waals surface area contributed by atoms with Crippen LogP contribution >= 0.6 is 0 Å². The summed E-state index contributed by atoms with van der Waals surface area (Å²) < 4.78 is 21.7. The number of amides is 2. The molecule has 0 spiro atoms. The van der Waals surface area contributed by atoms with E-state index in [1.54, 1.807) is 30.3 Å². The molecule has 1 heterocycles. The first-order chi connectivity index (χ1) is 16.8. The fourth-order valence-corrected chi connectivity index (χ4v) is 3.46. The van der Waals surface area contributed by atoms with E-state index in [-0.39, 0.29) is 12.8 Å². The largest absolute Gasteiger partial charge is 0.495 e. The molecule has 0 radical (unpaired) electrons. The highest BCUT2D eigenvalue weighted by molar-refractivity contribution is 5.97. The average molecular weight is 485 g/mol. The van der Waals surface area contributed by atoms with Crippen molar-refractivity contribution < 1.29 is 28.5 Å². The van der Waals surface area contributed by atoms with Gasteiger partial charge in [0, 0.05) is 17.5 Å². The standard InChI is InChI=1S/C23H28N6O6/c1-32-16-7-5-12(9-15(16)26-23(31)14(24)6-8-19(25)30)20-21(28-29-27-20)13-10-17(33-2)22(35-4)18(11-13)34-3/h5,7,9-11,14H,6,8,24H2,1-4H3,(H2,25,30)(H,26,31)(H,27,28,29). The zero-order chi connectivity index (χ0) is 25.5. The first-order valence-corrected chi connectivity index (χ1v) is 10.6. The van der Waals surface area contributed by atoms with Crippen LogP contribution in [0.1, 0.15) is 12.8 Å². The molecule has 6 N–H and O–H groups in total. The van der Waals surface area contributed by atoms with Gasteiger partial charge in [0.25, 0.3) is 0 Å². The lowest BCUT2D eigenvalue weighted by Crippen LogP contribution is -2.36. The molecule has 0 aliphatic heterocycles. The fourth-order valence-electron chi connectivity index (χ4n) is 3.46. The van der Waals surface area contributed by atoms with Crippen molar-refractivity contribution in [2.75, 3.05) is 33.8 Å². The molecule has 0 saturated carbocycles. The summed E-state index contributed by atoms with van der Waals surface area (Å²) in [4.78, 5) is 23.6. The maximum Gasteiger partial charge on any atom is 0.241 e. The molecule has 12 heteroatoms. The number of carbonyl (C=O) groups excluding carboxylic acids is 2. The molecule has 3 aromatic rings. The molecule has 0 fully saturated rings. The number of benzene rings is 2. The molecule has 0 bridgehead atoms. The van der Waals surface area contributed by atoms with E-state index < -0.39 is 17.9 Å². The van der Waals surface area contributed by atoms with Gasteiger partial charge in [-0.1, -0.05) is 0 Å². The summed E-state index contributed by atoms with van der Waals surface area (Å²) in [5.41, 5.74) is 13.8. The number of ether oxygens (including phenoxy) is 4. The molecule has 12 nitrogen and oxygen atoms in total. The van der Waals surface area contributed by atoms with Crippen LogP contribution in [-0.4, -0.2) is 61.7 Å². The number of carbonyl (C=O) groups is 2. The van der Waals surface area contributed by atoms with Gasteiger partial charge in [-0.3, -0.25) is 9.59 Å². The van der Waals surface area contributed by atoms with Gasteiger partial charge in [0.1, 0.15) is 17.1 Å². The van der Waals surface area contributed by atoms with E-state index in [4.69, 9.17) is 30.4 Å². The van der Waals surface area contributed by atoms with E-state index in [1.807, 2.05) is 0 Å². The quantitative estimate of drug-likeness (QED) is 0.315. The van der Waals surface area contributed by atoms with E-state index in [2.05, 4.69) is 20.7 Å². The number of anilines is 1. The van der Waals surface area contributed by atoms with Crippen LogP contribution in [0.2, 0.25) is 0 Å². The molecule has 3 rings (SSSR count). The molecule has 0 saturated heterocycles. The van der Waals surface area contributed by atoms with E-state index in [0.29, 0.717) is 51.2 Å². The summed E-state index contributed by atoms with van der Waals surface area (Å²) in [6.45, 7) is 0. The summed E-state index contributed by atoms with van der Waals surface area (Å²) in [6, 6.07) is 7.75. The molecule has 1 unspecified atom stereocenters. The third kappa shape index (κ3) is 5.61. The maximum atomic E-state index is 12.6. The van der Waals surface area contributed by atoms with Crippen LogP contribution in [0.5, 0.6) is 23.0 Å². The van der Waals surface area contributed by atoms with Gasteiger partial charge in [0.15, 0.2) is 11.5 Å². The number of nitrogens with two attached hydrogens (primary N) is 2. The minimum Gasteiger partial charge on any atom is -0.495 e. The number of rotatable bonds is 11. The third-order valence-corrected chi connectivity index (χ3v) is 5.26. The predicted molar refractivity (Wildman–Crippen MR) is 128 cm³/mol. The third-order valence-electron chi connectivity index (χ3n) is 5.26. The Kier molecular flexibility index (Phi) is 8.10. The number of nitrogens with one attached hydrogen (secondary N) is 2. The number of H-pyrrole nitrogens is 1. The number of nitrogens with zero attached hydrogens (tertiary/aromatic N) is 2. The SMILES string of the molecule is COc1ccc(-c2n[nH]nc2-c2cc(OC)c(OC)c(OC)c2)cc1NC(=O)C(N)CCC(N)=O. The van der Waals surface area contributed by atoms with Crippen molar-refractivity contribution in [1.29, 1.82) is 0 Å². The van der Waals surface area contributed by atoms with Crippen LogP contribution in [0, 0.1) is 0 Å². The summed E-state index contributed by atoms with van der Waals surface area (Å²) in [5, 5.41) is 14.0. The number of primary amides is 1. The van der Waals surface area contributed by atoms with Gasteiger partial charge in [-0.05, 0) is 36.8 Å². The zero-order valence-corrected chi connectivity index (χ0v) is 19.9. The highest BCUT2D eigenvalue weighted by atomic mass is 16.5. The van der Waals surface area contributed by atoms with Crippen molar-refractivity contribution in [2.24, 2.45) is 11.5 Å². The van der Waals surface area contributed by atoms with Gasteiger partial charge in [0.2, 0.25) is 17.6 Å². The monoisotopic (exact) mass is 484 g/mol. The lowest BCUT2D eigenvalue weighted by molar-refractivity contribution is -0.119. The summed E-state index contributed by atoms with van der Waals surface area (Å²) in [6.07, 6.45) is 0.126. The predicted octanol–water partition coefficient (Wildman–Crippen LogP) is 1.70. The number of methoxy groups -OCH3 is 4. The highest BCUT2D eigenvalue weighted by Gasteiger charge is 2.21. The number of hydrogen-bond donors (Lipinski definition) is 4. The molecule has 186 valence electrons. The van der Waals surface area contributed by atoms with Crippen molar-refractivity contribution in [3.63, 3.8) is 0 Å². The van der Waals surface area contributed by atoms with Gasteiger partial charge < -0.3 is 35.7 Å². The Bertz CT molecular complexity index is 1190. The normalized spacial score (nSPS) is 11.5. The number of aromatic nitrogens is 3. The van der Waals surface area contributed by atoms with Crippen molar-refractivity contribution in [3.05, 3.63) is 30.3 Å². The first-order valence-electron chi connectivity index (χ1n) is 10.6. The number of aromatic amines is 1. The summed E-state index contributed by atoms with van der Waals surface area (Å²) >= 11 is 0. The van der Waals surface area contributed by atoms with Gasteiger partial charge in [0.05, 0.1) is 40.2 Å². The Morgan fingerprint density at radius 2 is 1.51 bits per heavy atom.